The van der Waals surface area contributed by atoms with Gasteiger partial charge in [0.25, 0.3) is 0 Å². The fourth-order valence-electron chi connectivity index (χ4n) is 1.57. The van der Waals surface area contributed by atoms with Crippen LogP contribution in [-0.4, -0.2) is 44.3 Å². The Hall–Kier alpha value is -1.41. The maximum Gasteiger partial charge on any atom is 0.240 e. The third-order valence-corrected chi connectivity index (χ3v) is 3.80. The van der Waals surface area contributed by atoms with Gasteiger partial charge in [0.05, 0.1) is 12.9 Å². The first-order chi connectivity index (χ1) is 9.46. The normalized spacial score (nSPS) is 11.3. The number of aryl methyl sites for hydroxylation is 1. The summed E-state index contributed by atoms with van der Waals surface area (Å²) in [5, 5.41) is 3.16. The number of ether oxygens (including phenoxy) is 1. The number of methoxy groups -OCH3 is 1. The van der Waals surface area contributed by atoms with Gasteiger partial charge in [0.2, 0.25) is 21.9 Å². The molecule has 0 aliphatic carbocycles. The third kappa shape index (κ3) is 6.16. The molecular weight excluding hydrogens is 280 g/mol. The molecule has 0 spiro atoms. The highest BCUT2D eigenvalue weighted by Gasteiger charge is 2.13. The van der Waals surface area contributed by atoms with Gasteiger partial charge in [-0.2, -0.15) is 4.98 Å². The van der Waals surface area contributed by atoms with E-state index in [1.54, 1.807) is 13.0 Å². The van der Waals surface area contributed by atoms with E-state index in [0.717, 1.165) is 13.0 Å². The standard InChI is InChI=1S/C12H22N4O3S/c1-4-6-13-7-5-8-20(17,18)16-12-14-10(2)9-11(15-12)19-3/h9,13H,4-8H2,1-3H3,(H,14,15,16). The Morgan fingerprint density at radius 2 is 2.05 bits per heavy atom. The van der Waals surface area contributed by atoms with Crippen LogP contribution < -0.4 is 14.8 Å². The zero-order valence-electron chi connectivity index (χ0n) is 12.1. The largest absolute Gasteiger partial charge is 0.481 e. The van der Waals surface area contributed by atoms with Crippen LogP contribution in [0.15, 0.2) is 6.07 Å². The molecule has 0 bridgehead atoms. The Labute approximate surface area is 120 Å². The summed E-state index contributed by atoms with van der Waals surface area (Å²) in [7, 11) is -1.96. The zero-order chi connectivity index (χ0) is 15.0. The Morgan fingerprint density at radius 1 is 1.30 bits per heavy atom. The molecule has 7 nitrogen and oxygen atoms in total. The first-order valence-corrected chi connectivity index (χ1v) is 8.23. The molecule has 0 saturated heterocycles. The molecule has 0 aromatic carbocycles. The number of hydrogen-bond donors (Lipinski definition) is 2. The predicted octanol–water partition coefficient (Wildman–Crippen LogP) is 0.925. The van der Waals surface area contributed by atoms with Crippen molar-refractivity contribution in [2.45, 2.75) is 26.7 Å². The minimum absolute atomic E-state index is 0.0311. The van der Waals surface area contributed by atoms with Crippen molar-refractivity contribution in [1.29, 1.82) is 0 Å². The molecule has 0 saturated carbocycles. The zero-order valence-corrected chi connectivity index (χ0v) is 13.0. The molecule has 2 N–H and O–H groups in total. The van der Waals surface area contributed by atoms with Crippen molar-refractivity contribution in [3.05, 3.63) is 11.8 Å². The highest BCUT2D eigenvalue weighted by Crippen LogP contribution is 2.12. The van der Waals surface area contributed by atoms with Crippen LogP contribution in [0.3, 0.4) is 0 Å². The van der Waals surface area contributed by atoms with E-state index in [0.29, 0.717) is 24.5 Å². The lowest BCUT2D eigenvalue weighted by atomic mass is 10.4. The van der Waals surface area contributed by atoms with Crippen LogP contribution in [-0.2, 0) is 10.0 Å². The van der Waals surface area contributed by atoms with Crippen LogP contribution in [0, 0.1) is 6.92 Å². The predicted molar refractivity (Wildman–Crippen MR) is 78.5 cm³/mol. The van der Waals surface area contributed by atoms with Gasteiger partial charge in [-0.25, -0.2) is 13.4 Å². The number of anilines is 1. The first-order valence-electron chi connectivity index (χ1n) is 6.57. The monoisotopic (exact) mass is 302 g/mol. The van der Waals surface area contributed by atoms with Crippen molar-refractivity contribution < 1.29 is 13.2 Å². The van der Waals surface area contributed by atoms with Gasteiger partial charge in [-0.1, -0.05) is 6.92 Å². The molecule has 0 amide bonds. The lowest BCUT2D eigenvalue weighted by molar-refractivity contribution is 0.397. The first kappa shape index (κ1) is 16.6. The van der Waals surface area contributed by atoms with E-state index < -0.39 is 10.0 Å². The van der Waals surface area contributed by atoms with Gasteiger partial charge in [0.1, 0.15) is 0 Å². The van der Waals surface area contributed by atoms with E-state index in [4.69, 9.17) is 4.74 Å². The molecule has 0 fully saturated rings. The Morgan fingerprint density at radius 3 is 2.70 bits per heavy atom. The van der Waals surface area contributed by atoms with E-state index in [1.807, 2.05) is 0 Å². The summed E-state index contributed by atoms with van der Waals surface area (Å²) >= 11 is 0. The second kappa shape index (κ2) is 8.01. The Bertz CT molecular complexity index is 519. The van der Waals surface area contributed by atoms with Crippen LogP contribution >= 0.6 is 0 Å². The molecule has 0 aliphatic rings. The molecule has 1 aromatic heterocycles. The fourth-order valence-corrected chi connectivity index (χ4v) is 2.56. The van der Waals surface area contributed by atoms with Crippen molar-refractivity contribution in [2.75, 3.05) is 30.7 Å². The lowest BCUT2D eigenvalue weighted by Crippen LogP contribution is -2.23. The number of rotatable bonds is 9. The van der Waals surface area contributed by atoms with Gasteiger partial charge in [0, 0.05) is 11.8 Å². The van der Waals surface area contributed by atoms with Crippen LogP contribution in [0.4, 0.5) is 5.95 Å². The Kier molecular flexibility index (Phi) is 6.66. The summed E-state index contributed by atoms with van der Waals surface area (Å²) in [5.74, 6) is 0.409. The molecule has 8 heteroatoms. The SMILES string of the molecule is CCCNCCCS(=O)(=O)Nc1nc(C)cc(OC)n1. The average Bonchev–Trinajstić information content (AvgIpc) is 2.37. The van der Waals surface area contributed by atoms with Gasteiger partial charge in [-0.3, -0.25) is 4.72 Å². The van der Waals surface area contributed by atoms with Gasteiger partial charge in [-0.05, 0) is 32.9 Å². The third-order valence-electron chi connectivity index (χ3n) is 2.48. The summed E-state index contributed by atoms with van der Waals surface area (Å²) in [5.41, 5.74) is 0.638. The highest BCUT2D eigenvalue weighted by atomic mass is 32.2. The van der Waals surface area contributed by atoms with E-state index in [1.165, 1.54) is 7.11 Å². The fraction of sp³-hybridized carbons (Fsp3) is 0.667. The minimum atomic E-state index is -3.43. The van der Waals surface area contributed by atoms with Crippen molar-refractivity contribution in [3.63, 3.8) is 0 Å². The summed E-state index contributed by atoms with van der Waals surface area (Å²) in [6.07, 6.45) is 1.57. The van der Waals surface area contributed by atoms with Crippen molar-refractivity contribution >= 4 is 16.0 Å². The molecule has 1 heterocycles. The second-order valence-corrected chi connectivity index (χ2v) is 6.24. The summed E-state index contributed by atoms with van der Waals surface area (Å²) in [6, 6.07) is 1.63. The second-order valence-electron chi connectivity index (χ2n) is 4.40. The van der Waals surface area contributed by atoms with Crippen molar-refractivity contribution in [1.82, 2.24) is 15.3 Å². The van der Waals surface area contributed by atoms with E-state index in [-0.39, 0.29) is 11.7 Å². The minimum Gasteiger partial charge on any atom is -0.481 e. The molecule has 0 aliphatic heterocycles. The molecule has 114 valence electrons. The summed E-state index contributed by atoms with van der Waals surface area (Å²) in [6.45, 7) is 5.38. The van der Waals surface area contributed by atoms with Crippen molar-refractivity contribution in [3.8, 4) is 5.88 Å². The average molecular weight is 302 g/mol. The molecule has 1 aromatic rings. The molecule has 0 atom stereocenters. The van der Waals surface area contributed by atoms with Gasteiger partial charge < -0.3 is 10.1 Å². The maximum atomic E-state index is 11.9. The number of sulfonamides is 1. The highest BCUT2D eigenvalue weighted by molar-refractivity contribution is 7.92. The van der Waals surface area contributed by atoms with Gasteiger partial charge in [0.15, 0.2) is 0 Å². The number of hydrogen-bond acceptors (Lipinski definition) is 6. The van der Waals surface area contributed by atoms with Gasteiger partial charge in [-0.15, -0.1) is 0 Å². The van der Waals surface area contributed by atoms with Crippen LogP contribution in [0.25, 0.3) is 0 Å². The van der Waals surface area contributed by atoms with Crippen LogP contribution in [0.2, 0.25) is 0 Å². The van der Waals surface area contributed by atoms with Gasteiger partial charge >= 0.3 is 0 Å². The molecule has 20 heavy (non-hydrogen) atoms. The molecule has 1 rings (SSSR count). The molecule has 0 unspecified atom stereocenters. The topological polar surface area (TPSA) is 93.2 Å². The smallest absolute Gasteiger partial charge is 0.240 e. The van der Waals surface area contributed by atoms with E-state index in [9.17, 15) is 8.42 Å². The van der Waals surface area contributed by atoms with Crippen LogP contribution in [0.5, 0.6) is 5.88 Å². The quantitative estimate of drug-likeness (QED) is 0.659. The number of nitrogens with one attached hydrogen (secondary N) is 2. The summed E-state index contributed by atoms with van der Waals surface area (Å²) < 4.78 is 31.1. The number of aromatic nitrogens is 2. The maximum absolute atomic E-state index is 11.9. The van der Waals surface area contributed by atoms with E-state index >= 15 is 0 Å². The van der Waals surface area contributed by atoms with Crippen molar-refractivity contribution in [2.24, 2.45) is 0 Å². The van der Waals surface area contributed by atoms with Crippen LogP contribution in [0.1, 0.15) is 25.5 Å². The lowest BCUT2D eigenvalue weighted by Gasteiger charge is -2.08. The number of nitrogens with zero attached hydrogens (tertiary/aromatic N) is 2. The van der Waals surface area contributed by atoms with E-state index in [2.05, 4.69) is 26.9 Å². The molecular formula is C12H22N4O3S. The Balaban J connectivity index is 2.55. The summed E-state index contributed by atoms with van der Waals surface area (Å²) in [4.78, 5) is 7.98. The molecule has 0 radical (unpaired) electrons.